The van der Waals surface area contributed by atoms with Crippen LogP contribution in [-0.4, -0.2) is 42.6 Å². The molecule has 1 heterocycles. The van der Waals surface area contributed by atoms with Gasteiger partial charge in [-0.05, 0) is 13.3 Å². The molecule has 2 N–H and O–H groups in total. The Morgan fingerprint density at radius 3 is 3.00 bits per heavy atom. The van der Waals surface area contributed by atoms with Gasteiger partial charge in [0.1, 0.15) is 0 Å². The van der Waals surface area contributed by atoms with Crippen LogP contribution in [0.3, 0.4) is 0 Å². The molecule has 1 amide bonds. The molecule has 1 saturated heterocycles. The van der Waals surface area contributed by atoms with Gasteiger partial charge >= 0.3 is 0 Å². The van der Waals surface area contributed by atoms with Crippen molar-refractivity contribution < 1.29 is 9.53 Å². The van der Waals surface area contributed by atoms with Crippen molar-refractivity contribution in [3.8, 4) is 0 Å². The van der Waals surface area contributed by atoms with E-state index in [2.05, 4.69) is 0 Å². The summed E-state index contributed by atoms with van der Waals surface area (Å²) in [7, 11) is 0. The molecule has 0 aromatic carbocycles. The highest BCUT2D eigenvalue weighted by atomic mass is 16.5. The first kappa shape index (κ1) is 10.5. The molecule has 1 fully saturated rings. The Kier molecular flexibility index (Phi) is 3.69. The predicted molar refractivity (Wildman–Crippen MR) is 50.3 cm³/mol. The van der Waals surface area contributed by atoms with Crippen LogP contribution in [0.25, 0.3) is 0 Å². The van der Waals surface area contributed by atoms with Gasteiger partial charge in [0, 0.05) is 6.54 Å². The summed E-state index contributed by atoms with van der Waals surface area (Å²) >= 11 is 0. The van der Waals surface area contributed by atoms with Crippen LogP contribution in [0.5, 0.6) is 0 Å². The number of ether oxygens (including phenoxy) is 1. The van der Waals surface area contributed by atoms with E-state index >= 15 is 0 Å². The maximum absolute atomic E-state index is 11.7. The quantitative estimate of drug-likeness (QED) is 0.659. The molecule has 0 aromatic rings. The molecular weight excluding hydrogens is 168 g/mol. The van der Waals surface area contributed by atoms with Gasteiger partial charge in [0.05, 0.1) is 25.3 Å². The van der Waals surface area contributed by atoms with Gasteiger partial charge in [-0.15, -0.1) is 0 Å². The lowest BCUT2D eigenvalue weighted by Gasteiger charge is -2.34. The third kappa shape index (κ3) is 2.42. The number of carbonyl (C=O) groups is 1. The van der Waals surface area contributed by atoms with Gasteiger partial charge < -0.3 is 15.4 Å². The van der Waals surface area contributed by atoms with Crippen molar-refractivity contribution in [3.63, 3.8) is 0 Å². The van der Waals surface area contributed by atoms with Crippen LogP contribution in [0.1, 0.15) is 20.3 Å². The summed E-state index contributed by atoms with van der Waals surface area (Å²) in [4.78, 5) is 13.5. The van der Waals surface area contributed by atoms with Crippen LogP contribution in [0, 0.1) is 0 Å². The summed E-state index contributed by atoms with van der Waals surface area (Å²) in [5.74, 6) is 0.0540. The van der Waals surface area contributed by atoms with Crippen LogP contribution in [0.15, 0.2) is 0 Å². The first-order valence-corrected chi connectivity index (χ1v) is 4.80. The van der Waals surface area contributed by atoms with Crippen molar-refractivity contribution in [1.82, 2.24) is 4.90 Å². The number of amides is 1. The topological polar surface area (TPSA) is 55.6 Å². The number of carbonyl (C=O) groups excluding carboxylic acids is 1. The van der Waals surface area contributed by atoms with Crippen LogP contribution >= 0.6 is 0 Å². The van der Waals surface area contributed by atoms with E-state index < -0.39 is 0 Å². The summed E-state index contributed by atoms with van der Waals surface area (Å²) < 4.78 is 5.24. The molecular formula is C9H18N2O2. The smallest absolute Gasteiger partial charge is 0.239 e. The second-order valence-corrected chi connectivity index (χ2v) is 3.47. The first-order chi connectivity index (χ1) is 6.16. The van der Waals surface area contributed by atoms with Crippen molar-refractivity contribution in [2.24, 2.45) is 5.73 Å². The van der Waals surface area contributed by atoms with Gasteiger partial charge in [-0.25, -0.2) is 0 Å². The Morgan fingerprint density at radius 1 is 1.77 bits per heavy atom. The van der Waals surface area contributed by atoms with E-state index in [1.807, 2.05) is 18.7 Å². The van der Waals surface area contributed by atoms with E-state index in [-0.39, 0.29) is 18.0 Å². The normalized spacial score (nSPS) is 25.8. The van der Waals surface area contributed by atoms with E-state index in [0.29, 0.717) is 26.2 Å². The molecule has 2 atom stereocenters. The molecule has 0 saturated carbocycles. The minimum absolute atomic E-state index is 0.0540. The molecule has 0 spiro atoms. The zero-order valence-electron chi connectivity index (χ0n) is 8.32. The summed E-state index contributed by atoms with van der Waals surface area (Å²) in [5, 5.41) is 0. The van der Waals surface area contributed by atoms with Gasteiger partial charge in [0.15, 0.2) is 0 Å². The van der Waals surface area contributed by atoms with Crippen molar-refractivity contribution in [3.05, 3.63) is 0 Å². The Hall–Kier alpha value is -0.610. The van der Waals surface area contributed by atoms with E-state index in [4.69, 9.17) is 10.5 Å². The molecule has 1 aliphatic heterocycles. The molecule has 4 nitrogen and oxygen atoms in total. The molecule has 76 valence electrons. The highest BCUT2D eigenvalue weighted by molar-refractivity contribution is 5.81. The molecule has 0 aliphatic carbocycles. The SMILES string of the molecule is CC[C@H](N)C(=O)N1CCOCC1C. The highest BCUT2D eigenvalue weighted by Gasteiger charge is 2.26. The fourth-order valence-electron chi connectivity index (χ4n) is 1.44. The lowest BCUT2D eigenvalue weighted by molar-refractivity contribution is -0.140. The summed E-state index contributed by atoms with van der Waals surface area (Å²) in [5.41, 5.74) is 5.68. The summed E-state index contributed by atoms with van der Waals surface area (Å²) in [6, 6.07) is -0.181. The molecule has 13 heavy (non-hydrogen) atoms. The highest BCUT2D eigenvalue weighted by Crippen LogP contribution is 2.08. The fraction of sp³-hybridized carbons (Fsp3) is 0.889. The average Bonchev–Trinajstić information content (AvgIpc) is 2.16. The number of rotatable bonds is 2. The lowest BCUT2D eigenvalue weighted by Crippen LogP contribution is -2.52. The first-order valence-electron chi connectivity index (χ1n) is 4.80. The van der Waals surface area contributed by atoms with Crippen LogP contribution < -0.4 is 5.73 Å². The Balaban J connectivity index is 2.53. The van der Waals surface area contributed by atoms with E-state index in [1.54, 1.807) is 0 Å². The third-order valence-corrected chi connectivity index (χ3v) is 2.41. The van der Waals surface area contributed by atoms with Crippen molar-refractivity contribution in [2.45, 2.75) is 32.4 Å². The number of hydrogen-bond acceptors (Lipinski definition) is 3. The van der Waals surface area contributed by atoms with Gasteiger partial charge in [-0.1, -0.05) is 6.92 Å². The van der Waals surface area contributed by atoms with Gasteiger partial charge in [-0.3, -0.25) is 4.79 Å². The van der Waals surface area contributed by atoms with Gasteiger partial charge in [0.2, 0.25) is 5.91 Å². The summed E-state index contributed by atoms with van der Waals surface area (Å²) in [6.45, 7) is 5.84. The lowest BCUT2D eigenvalue weighted by atomic mass is 10.1. The second kappa shape index (κ2) is 4.58. The molecule has 0 bridgehead atoms. The average molecular weight is 186 g/mol. The van der Waals surface area contributed by atoms with Crippen molar-refractivity contribution in [1.29, 1.82) is 0 Å². The fourth-order valence-corrected chi connectivity index (χ4v) is 1.44. The molecule has 1 aliphatic rings. The van der Waals surface area contributed by atoms with Crippen LogP contribution in [0.2, 0.25) is 0 Å². The molecule has 0 aromatic heterocycles. The second-order valence-electron chi connectivity index (χ2n) is 3.47. The number of nitrogens with zero attached hydrogens (tertiary/aromatic N) is 1. The van der Waals surface area contributed by atoms with E-state index in [0.717, 1.165) is 0 Å². The molecule has 1 unspecified atom stereocenters. The standard InChI is InChI=1S/C9H18N2O2/c1-3-8(10)9(12)11-4-5-13-6-7(11)2/h7-8H,3-6,10H2,1-2H3/t7?,8-/m0/s1. The van der Waals surface area contributed by atoms with Crippen molar-refractivity contribution >= 4 is 5.91 Å². The zero-order valence-corrected chi connectivity index (χ0v) is 8.32. The maximum atomic E-state index is 11.7. The minimum Gasteiger partial charge on any atom is -0.377 e. The minimum atomic E-state index is -0.347. The Bertz CT molecular complexity index is 184. The number of nitrogens with two attached hydrogens (primary N) is 1. The van der Waals surface area contributed by atoms with E-state index in [9.17, 15) is 4.79 Å². The van der Waals surface area contributed by atoms with Crippen molar-refractivity contribution in [2.75, 3.05) is 19.8 Å². The van der Waals surface area contributed by atoms with Crippen LogP contribution in [-0.2, 0) is 9.53 Å². The number of morpholine rings is 1. The predicted octanol–water partition coefficient (Wildman–Crippen LogP) is -0.0290. The van der Waals surface area contributed by atoms with E-state index in [1.165, 1.54) is 0 Å². The zero-order chi connectivity index (χ0) is 9.84. The Morgan fingerprint density at radius 2 is 2.46 bits per heavy atom. The van der Waals surface area contributed by atoms with Gasteiger partial charge in [-0.2, -0.15) is 0 Å². The monoisotopic (exact) mass is 186 g/mol. The molecule has 4 heteroatoms. The maximum Gasteiger partial charge on any atom is 0.239 e. The molecule has 0 radical (unpaired) electrons. The number of hydrogen-bond donors (Lipinski definition) is 1. The third-order valence-electron chi connectivity index (χ3n) is 2.41. The largest absolute Gasteiger partial charge is 0.377 e. The summed E-state index contributed by atoms with van der Waals surface area (Å²) in [6.07, 6.45) is 0.697. The van der Waals surface area contributed by atoms with Gasteiger partial charge in [0.25, 0.3) is 0 Å². The Labute approximate surface area is 79.0 Å². The van der Waals surface area contributed by atoms with Crippen LogP contribution in [0.4, 0.5) is 0 Å². The molecule has 1 rings (SSSR count).